The molecule has 68 valence electrons. The largest absolute Gasteiger partial charge is 0.380 e. The van der Waals surface area contributed by atoms with Crippen molar-refractivity contribution in [3.63, 3.8) is 0 Å². The standard InChI is InChI=1S/C8H20N2O/c1-4-5-11-6-8(10-9)7(2)3/h7-8,10H,4-6,9H2,1-3H3. The fourth-order valence-electron chi connectivity index (χ4n) is 0.788. The van der Waals surface area contributed by atoms with Crippen LogP contribution in [0.5, 0.6) is 0 Å². The zero-order valence-corrected chi connectivity index (χ0v) is 7.76. The van der Waals surface area contributed by atoms with Crippen LogP contribution in [0.1, 0.15) is 27.2 Å². The maximum Gasteiger partial charge on any atom is 0.0635 e. The predicted molar refractivity (Wildman–Crippen MR) is 47.1 cm³/mol. The number of rotatable bonds is 6. The molecule has 3 nitrogen and oxygen atoms in total. The highest BCUT2D eigenvalue weighted by molar-refractivity contribution is 4.65. The summed E-state index contributed by atoms with van der Waals surface area (Å²) < 4.78 is 5.35. The Kier molecular flexibility index (Phi) is 6.51. The normalized spacial score (nSPS) is 13.9. The number of nitrogens with two attached hydrogens (primary N) is 1. The zero-order chi connectivity index (χ0) is 8.69. The van der Waals surface area contributed by atoms with Crippen molar-refractivity contribution in [2.75, 3.05) is 13.2 Å². The Hall–Kier alpha value is -0.120. The van der Waals surface area contributed by atoms with Crippen molar-refractivity contribution in [1.82, 2.24) is 5.43 Å². The van der Waals surface area contributed by atoms with Gasteiger partial charge in [-0.25, -0.2) is 0 Å². The van der Waals surface area contributed by atoms with E-state index in [9.17, 15) is 0 Å². The number of ether oxygens (including phenoxy) is 1. The van der Waals surface area contributed by atoms with Crippen LogP contribution in [-0.2, 0) is 4.74 Å². The second kappa shape index (κ2) is 6.58. The van der Waals surface area contributed by atoms with Gasteiger partial charge in [0.05, 0.1) is 6.61 Å². The average Bonchev–Trinajstić information content (AvgIpc) is 1.97. The van der Waals surface area contributed by atoms with Gasteiger partial charge in [0.15, 0.2) is 0 Å². The van der Waals surface area contributed by atoms with Gasteiger partial charge in [0, 0.05) is 12.6 Å². The minimum atomic E-state index is 0.279. The second-order valence-corrected chi connectivity index (χ2v) is 3.09. The van der Waals surface area contributed by atoms with Crippen molar-refractivity contribution >= 4 is 0 Å². The lowest BCUT2D eigenvalue weighted by molar-refractivity contribution is 0.0986. The molecule has 0 aliphatic heterocycles. The topological polar surface area (TPSA) is 47.3 Å². The van der Waals surface area contributed by atoms with Crippen LogP contribution in [0.25, 0.3) is 0 Å². The van der Waals surface area contributed by atoms with Crippen LogP contribution in [0, 0.1) is 5.92 Å². The van der Waals surface area contributed by atoms with E-state index in [1.54, 1.807) is 0 Å². The fraction of sp³-hybridized carbons (Fsp3) is 1.00. The summed E-state index contributed by atoms with van der Waals surface area (Å²) >= 11 is 0. The summed E-state index contributed by atoms with van der Waals surface area (Å²) in [6.07, 6.45) is 1.06. The molecule has 0 amide bonds. The molecule has 3 N–H and O–H groups in total. The van der Waals surface area contributed by atoms with Crippen LogP contribution < -0.4 is 11.3 Å². The molecular formula is C8H20N2O. The van der Waals surface area contributed by atoms with Crippen LogP contribution in [0.15, 0.2) is 0 Å². The Morgan fingerprint density at radius 3 is 2.45 bits per heavy atom. The van der Waals surface area contributed by atoms with Gasteiger partial charge in [-0.15, -0.1) is 0 Å². The first-order valence-electron chi connectivity index (χ1n) is 4.26. The minimum absolute atomic E-state index is 0.279. The van der Waals surface area contributed by atoms with Crippen LogP contribution in [0.3, 0.4) is 0 Å². The van der Waals surface area contributed by atoms with Gasteiger partial charge >= 0.3 is 0 Å². The smallest absolute Gasteiger partial charge is 0.0635 e. The van der Waals surface area contributed by atoms with Crippen LogP contribution in [-0.4, -0.2) is 19.3 Å². The monoisotopic (exact) mass is 160 g/mol. The van der Waals surface area contributed by atoms with Crippen molar-refractivity contribution < 1.29 is 4.74 Å². The highest BCUT2D eigenvalue weighted by Crippen LogP contribution is 2.00. The molecule has 11 heavy (non-hydrogen) atoms. The second-order valence-electron chi connectivity index (χ2n) is 3.09. The molecule has 0 aliphatic rings. The summed E-state index contributed by atoms with van der Waals surface area (Å²) in [5.41, 5.74) is 2.74. The van der Waals surface area contributed by atoms with E-state index in [-0.39, 0.29) is 6.04 Å². The molecule has 0 rings (SSSR count). The van der Waals surface area contributed by atoms with Gasteiger partial charge in [-0.1, -0.05) is 20.8 Å². The molecule has 1 atom stereocenters. The maximum absolute atomic E-state index is 5.35. The summed E-state index contributed by atoms with van der Waals surface area (Å²) in [6, 6.07) is 0.279. The quantitative estimate of drug-likeness (QED) is 0.345. The molecule has 1 unspecified atom stereocenters. The lowest BCUT2D eigenvalue weighted by Gasteiger charge is -2.19. The van der Waals surface area contributed by atoms with E-state index in [4.69, 9.17) is 10.6 Å². The third-order valence-electron chi connectivity index (χ3n) is 1.66. The molecule has 0 aliphatic carbocycles. The third-order valence-corrected chi connectivity index (χ3v) is 1.66. The summed E-state index contributed by atoms with van der Waals surface area (Å²) in [6.45, 7) is 7.88. The molecule has 0 fully saturated rings. The van der Waals surface area contributed by atoms with Crippen molar-refractivity contribution in [2.45, 2.75) is 33.2 Å². The van der Waals surface area contributed by atoms with Crippen molar-refractivity contribution in [3.05, 3.63) is 0 Å². The predicted octanol–water partition coefficient (Wildman–Crippen LogP) is 0.901. The third kappa shape index (κ3) is 5.18. The Morgan fingerprint density at radius 2 is 2.09 bits per heavy atom. The SMILES string of the molecule is CCCOCC(NN)C(C)C. The van der Waals surface area contributed by atoms with E-state index in [0.717, 1.165) is 13.0 Å². The van der Waals surface area contributed by atoms with Gasteiger partial charge in [-0.05, 0) is 12.3 Å². The van der Waals surface area contributed by atoms with E-state index in [0.29, 0.717) is 12.5 Å². The molecule has 0 aromatic carbocycles. The Labute approximate surface area is 69.3 Å². The van der Waals surface area contributed by atoms with Crippen molar-refractivity contribution in [1.29, 1.82) is 0 Å². The minimum Gasteiger partial charge on any atom is -0.380 e. The van der Waals surface area contributed by atoms with Crippen molar-refractivity contribution in [2.24, 2.45) is 11.8 Å². The molecule has 0 heterocycles. The molecule has 0 saturated carbocycles. The highest BCUT2D eigenvalue weighted by Gasteiger charge is 2.10. The molecular weight excluding hydrogens is 140 g/mol. The number of hydrazine groups is 1. The summed E-state index contributed by atoms with van der Waals surface area (Å²) in [5, 5.41) is 0. The molecule has 0 aromatic rings. The Morgan fingerprint density at radius 1 is 1.45 bits per heavy atom. The maximum atomic E-state index is 5.35. The lowest BCUT2D eigenvalue weighted by Crippen LogP contribution is -2.42. The van der Waals surface area contributed by atoms with Gasteiger partial charge in [0.1, 0.15) is 0 Å². The molecule has 3 heteroatoms. The molecule has 0 saturated heterocycles. The summed E-state index contributed by atoms with van der Waals surface area (Å²) in [5.74, 6) is 5.85. The molecule has 0 spiro atoms. The molecule has 0 aromatic heterocycles. The van der Waals surface area contributed by atoms with Crippen LogP contribution in [0.2, 0.25) is 0 Å². The van der Waals surface area contributed by atoms with Crippen molar-refractivity contribution in [3.8, 4) is 0 Å². The van der Waals surface area contributed by atoms with Crippen LogP contribution in [0.4, 0.5) is 0 Å². The van der Waals surface area contributed by atoms with Gasteiger partial charge < -0.3 is 4.74 Å². The molecule has 0 bridgehead atoms. The van der Waals surface area contributed by atoms with E-state index >= 15 is 0 Å². The number of nitrogens with one attached hydrogen (secondary N) is 1. The van der Waals surface area contributed by atoms with E-state index in [1.165, 1.54) is 0 Å². The van der Waals surface area contributed by atoms with Gasteiger partial charge in [-0.3, -0.25) is 11.3 Å². The van der Waals surface area contributed by atoms with Gasteiger partial charge in [0.2, 0.25) is 0 Å². The van der Waals surface area contributed by atoms with E-state index in [1.807, 2.05) is 0 Å². The van der Waals surface area contributed by atoms with E-state index < -0.39 is 0 Å². The first kappa shape index (κ1) is 10.9. The summed E-state index contributed by atoms with van der Waals surface area (Å²) in [4.78, 5) is 0. The number of hydrogen-bond donors (Lipinski definition) is 2. The first-order chi connectivity index (χ1) is 5.22. The lowest BCUT2D eigenvalue weighted by atomic mass is 10.1. The Balaban J connectivity index is 3.36. The van der Waals surface area contributed by atoms with E-state index in [2.05, 4.69) is 26.2 Å². The average molecular weight is 160 g/mol. The van der Waals surface area contributed by atoms with Gasteiger partial charge in [0.25, 0.3) is 0 Å². The highest BCUT2D eigenvalue weighted by atomic mass is 16.5. The van der Waals surface area contributed by atoms with Crippen LogP contribution >= 0.6 is 0 Å². The Bertz CT molecular complexity index is 86.2. The first-order valence-corrected chi connectivity index (χ1v) is 4.26. The fourth-order valence-corrected chi connectivity index (χ4v) is 0.788. The molecule has 0 radical (unpaired) electrons. The van der Waals surface area contributed by atoms with Gasteiger partial charge in [-0.2, -0.15) is 0 Å². The zero-order valence-electron chi connectivity index (χ0n) is 7.76. The number of hydrogen-bond acceptors (Lipinski definition) is 3. The summed E-state index contributed by atoms with van der Waals surface area (Å²) in [7, 11) is 0.